The summed E-state index contributed by atoms with van der Waals surface area (Å²) in [6, 6.07) is 31.9. The van der Waals surface area contributed by atoms with E-state index in [-0.39, 0.29) is 17.2 Å². The Morgan fingerprint density at radius 3 is 2.32 bits per heavy atom. The van der Waals surface area contributed by atoms with Crippen LogP contribution in [0.15, 0.2) is 96.6 Å². The molecule has 182 valence electrons. The lowest BCUT2D eigenvalue weighted by Gasteiger charge is -2.40. The van der Waals surface area contributed by atoms with Gasteiger partial charge in [0.2, 0.25) is 0 Å². The average Bonchev–Trinajstić information content (AvgIpc) is 3.20. The number of benzene rings is 4. The number of ketones is 1. The van der Waals surface area contributed by atoms with Crippen LogP contribution in [0.1, 0.15) is 43.9 Å². The molecular formula is C34H30N2O. The second kappa shape index (κ2) is 7.94. The smallest absolute Gasteiger partial charge is 0.162 e. The number of aromatic nitrogens is 1. The van der Waals surface area contributed by atoms with Crippen LogP contribution in [0.2, 0.25) is 0 Å². The Balaban J connectivity index is 1.57. The molecule has 7 rings (SSSR count). The summed E-state index contributed by atoms with van der Waals surface area (Å²) in [6.45, 7) is 4.45. The summed E-state index contributed by atoms with van der Waals surface area (Å²) in [6.07, 6.45) is 1.45. The fourth-order valence-corrected chi connectivity index (χ4v) is 6.71. The number of nitrogens with one attached hydrogen (secondary N) is 1. The van der Waals surface area contributed by atoms with Crippen LogP contribution in [0.25, 0.3) is 38.5 Å². The summed E-state index contributed by atoms with van der Waals surface area (Å²) in [5, 5.41) is 7.50. The molecule has 1 N–H and O–H groups in total. The molecule has 1 atom stereocenters. The van der Waals surface area contributed by atoms with Gasteiger partial charge in [-0.25, -0.2) is 0 Å². The number of aryl methyl sites for hydroxylation is 1. The first kappa shape index (κ1) is 22.1. The van der Waals surface area contributed by atoms with E-state index in [4.69, 9.17) is 0 Å². The van der Waals surface area contributed by atoms with Gasteiger partial charge < -0.3 is 9.88 Å². The summed E-state index contributed by atoms with van der Waals surface area (Å²) >= 11 is 0. The molecular weight excluding hydrogens is 452 g/mol. The maximum absolute atomic E-state index is 14.1. The molecule has 1 aliphatic carbocycles. The first-order chi connectivity index (χ1) is 17.9. The number of carbonyl (C=O) groups excluding carboxylic acids is 1. The second-order valence-corrected chi connectivity index (χ2v) is 11.3. The van der Waals surface area contributed by atoms with Gasteiger partial charge in [0.1, 0.15) is 0 Å². The van der Waals surface area contributed by atoms with Gasteiger partial charge in [-0.1, -0.05) is 92.7 Å². The van der Waals surface area contributed by atoms with Crippen molar-refractivity contribution in [3.8, 4) is 11.3 Å². The maximum atomic E-state index is 14.1. The number of rotatable bonds is 2. The van der Waals surface area contributed by atoms with Gasteiger partial charge in [0, 0.05) is 46.8 Å². The number of para-hydroxylation sites is 1. The zero-order valence-corrected chi connectivity index (χ0v) is 21.5. The highest BCUT2D eigenvalue weighted by Gasteiger charge is 2.42. The number of fused-ring (bicyclic) bond motifs is 5. The van der Waals surface area contributed by atoms with Crippen molar-refractivity contribution in [3.05, 3.63) is 108 Å². The van der Waals surface area contributed by atoms with Crippen molar-refractivity contribution in [3.63, 3.8) is 0 Å². The van der Waals surface area contributed by atoms with Gasteiger partial charge in [0.05, 0.1) is 11.7 Å². The number of anilines is 1. The highest BCUT2D eigenvalue weighted by Crippen LogP contribution is 2.54. The van der Waals surface area contributed by atoms with E-state index in [1.54, 1.807) is 0 Å². The van der Waals surface area contributed by atoms with Crippen LogP contribution in [0.3, 0.4) is 0 Å². The Kier molecular flexibility index (Phi) is 4.75. The maximum Gasteiger partial charge on any atom is 0.162 e. The van der Waals surface area contributed by atoms with E-state index in [2.05, 4.69) is 122 Å². The van der Waals surface area contributed by atoms with Crippen molar-refractivity contribution >= 4 is 38.7 Å². The van der Waals surface area contributed by atoms with Crippen LogP contribution in [-0.2, 0) is 11.8 Å². The fourth-order valence-electron chi connectivity index (χ4n) is 6.71. The van der Waals surface area contributed by atoms with Crippen LogP contribution in [0, 0.1) is 5.41 Å². The molecule has 2 aliphatic rings. The number of Topliss-reactive ketones (excluding diaryl/α,β-unsaturated/α-hetero) is 1. The van der Waals surface area contributed by atoms with Crippen LogP contribution in [0.5, 0.6) is 0 Å². The zero-order valence-electron chi connectivity index (χ0n) is 21.5. The predicted octanol–water partition coefficient (Wildman–Crippen LogP) is 8.31. The highest BCUT2D eigenvalue weighted by molar-refractivity contribution is 6.14. The predicted molar refractivity (Wildman–Crippen MR) is 154 cm³/mol. The molecule has 0 fully saturated rings. The monoisotopic (exact) mass is 482 g/mol. The molecule has 1 aromatic heterocycles. The Labute approximate surface area is 217 Å². The van der Waals surface area contributed by atoms with E-state index in [0.717, 1.165) is 28.9 Å². The van der Waals surface area contributed by atoms with E-state index in [1.807, 2.05) is 0 Å². The lowest BCUT2D eigenvalue weighted by molar-refractivity contribution is -0.118. The first-order valence-electron chi connectivity index (χ1n) is 13.1. The van der Waals surface area contributed by atoms with Crippen molar-refractivity contribution in [1.29, 1.82) is 0 Å². The number of carbonyl (C=O) groups is 1. The molecule has 1 unspecified atom stereocenters. The van der Waals surface area contributed by atoms with E-state index >= 15 is 0 Å². The number of hydrogen-bond acceptors (Lipinski definition) is 2. The molecule has 3 heteroatoms. The molecule has 0 bridgehead atoms. The van der Waals surface area contributed by atoms with Gasteiger partial charge in [-0.3, -0.25) is 4.79 Å². The molecule has 5 aromatic rings. The van der Waals surface area contributed by atoms with Gasteiger partial charge in [-0.05, 0) is 45.9 Å². The molecule has 2 heterocycles. The minimum Gasteiger partial charge on any atom is -0.373 e. The highest BCUT2D eigenvalue weighted by atomic mass is 16.1. The summed E-state index contributed by atoms with van der Waals surface area (Å²) in [5.74, 6) is 0.259. The quantitative estimate of drug-likeness (QED) is 0.274. The Morgan fingerprint density at radius 2 is 1.51 bits per heavy atom. The first-order valence-corrected chi connectivity index (χ1v) is 13.1. The summed E-state index contributed by atoms with van der Waals surface area (Å²) in [4.78, 5) is 14.1. The van der Waals surface area contributed by atoms with E-state index in [9.17, 15) is 4.79 Å². The lowest BCUT2D eigenvalue weighted by Crippen LogP contribution is -2.33. The third kappa shape index (κ3) is 3.30. The molecule has 4 aromatic carbocycles. The van der Waals surface area contributed by atoms with E-state index in [1.165, 1.54) is 38.4 Å². The molecule has 1 aliphatic heterocycles. The molecule has 37 heavy (non-hydrogen) atoms. The SMILES string of the molecule is Cn1c(-c2ccccc2)c(C2Nc3ccc4ccccc4c3C3=C2C(=O)CC(C)(C)C3)c2ccccc21. The Bertz CT molecular complexity index is 1750. The van der Waals surface area contributed by atoms with Gasteiger partial charge in [0.25, 0.3) is 0 Å². The van der Waals surface area contributed by atoms with Gasteiger partial charge in [-0.15, -0.1) is 0 Å². The number of nitrogens with zero attached hydrogens (tertiary/aromatic N) is 1. The van der Waals surface area contributed by atoms with Crippen LogP contribution in [0.4, 0.5) is 5.69 Å². The summed E-state index contributed by atoms with van der Waals surface area (Å²) in [7, 11) is 2.14. The lowest BCUT2D eigenvalue weighted by atomic mass is 9.67. The molecule has 0 saturated heterocycles. The van der Waals surface area contributed by atoms with Crippen molar-refractivity contribution < 1.29 is 4.79 Å². The van der Waals surface area contributed by atoms with E-state index < -0.39 is 0 Å². The molecule has 0 radical (unpaired) electrons. The largest absolute Gasteiger partial charge is 0.373 e. The Morgan fingerprint density at radius 1 is 0.811 bits per heavy atom. The van der Waals surface area contributed by atoms with Crippen LogP contribution in [-0.4, -0.2) is 10.4 Å². The van der Waals surface area contributed by atoms with Crippen molar-refractivity contribution in [1.82, 2.24) is 4.57 Å². The van der Waals surface area contributed by atoms with Crippen molar-refractivity contribution in [2.45, 2.75) is 32.7 Å². The van der Waals surface area contributed by atoms with Gasteiger partial charge in [0.15, 0.2) is 5.78 Å². The summed E-state index contributed by atoms with van der Waals surface area (Å²) < 4.78 is 2.29. The Hall–Kier alpha value is -4.11. The molecule has 0 saturated carbocycles. The van der Waals surface area contributed by atoms with Crippen LogP contribution < -0.4 is 5.32 Å². The minimum absolute atomic E-state index is 0.0764. The van der Waals surface area contributed by atoms with Crippen molar-refractivity contribution in [2.24, 2.45) is 12.5 Å². The normalized spacial score (nSPS) is 18.6. The van der Waals surface area contributed by atoms with Crippen molar-refractivity contribution in [2.75, 3.05) is 5.32 Å². The minimum atomic E-state index is -0.214. The number of allylic oxidation sites excluding steroid dienone is 1. The topological polar surface area (TPSA) is 34.0 Å². The molecule has 0 spiro atoms. The molecule has 3 nitrogen and oxygen atoms in total. The van der Waals surface area contributed by atoms with Crippen LogP contribution >= 0.6 is 0 Å². The average molecular weight is 483 g/mol. The third-order valence-corrected chi connectivity index (χ3v) is 8.22. The van der Waals surface area contributed by atoms with E-state index in [0.29, 0.717) is 6.42 Å². The summed E-state index contributed by atoms with van der Waals surface area (Å²) in [5.41, 5.74) is 9.07. The van der Waals surface area contributed by atoms with Gasteiger partial charge in [-0.2, -0.15) is 0 Å². The third-order valence-electron chi connectivity index (χ3n) is 8.22. The van der Waals surface area contributed by atoms with Gasteiger partial charge >= 0.3 is 0 Å². The number of hydrogen-bond donors (Lipinski definition) is 1. The fraction of sp³-hybridized carbons (Fsp3) is 0.206. The standard InChI is InChI=1S/C34H30N2O/c1-34(2)19-25-29-23-14-8-7-11-21(23)17-18-26(29)35-32(30(25)28(37)20-34)31-24-15-9-10-16-27(24)36(3)33(31)22-12-5-4-6-13-22/h4-18,32,35H,19-20H2,1-3H3. The zero-order chi connectivity index (χ0) is 25.3. The second-order valence-electron chi connectivity index (χ2n) is 11.3. The molecule has 0 amide bonds.